The van der Waals surface area contributed by atoms with Gasteiger partial charge in [-0.3, -0.25) is 0 Å². The number of ether oxygens (including phenoxy) is 1. The Hall–Kier alpha value is -1.27. The summed E-state index contributed by atoms with van der Waals surface area (Å²) in [7, 11) is -3.24. The highest BCUT2D eigenvalue weighted by Gasteiger charge is 2.20. The molecule has 0 aromatic heterocycles. The molecule has 1 atom stereocenters. The summed E-state index contributed by atoms with van der Waals surface area (Å²) in [5.41, 5.74) is 6.08. The van der Waals surface area contributed by atoms with E-state index in [9.17, 15) is 8.42 Å². The second-order valence-corrected chi connectivity index (χ2v) is 6.54. The van der Waals surface area contributed by atoms with E-state index < -0.39 is 9.84 Å². The predicted octanol–water partition coefficient (Wildman–Crippen LogP) is 1.00. The highest BCUT2D eigenvalue weighted by Crippen LogP contribution is 2.31. The largest absolute Gasteiger partial charge is 0.487 e. The molecule has 0 radical (unpaired) electrons. The van der Waals surface area contributed by atoms with Crippen LogP contribution in [0, 0.1) is 0 Å². The summed E-state index contributed by atoms with van der Waals surface area (Å²) in [6, 6.07) is 4.92. The summed E-state index contributed by atoms with van der Waals surface area (Å²) in [6.45, 7) is 3.02. The first kappa shape index (κ1) is 13.2. The Kier molecular flexibility index (Phi) is 3.77. The van der Waals surface area contributed by atoms with Crippen LogP contribution in [0.2, 0.25) is 0 Å². The van der Waals surface area contributed by atoms with Crippen molar-refractivity contribution in [2.24, 2.45) is 5.73 Å². The molecule has 0 fully saturated rings. The predicted molar refractivity (Wildman–Crippen MR) is 70.7 cm³/mol. The van der Waals surface area contributed by atoms with Crippen LogP contribution in [-0.4, -0.2) is 33.4 Å². The third-order valence-corrected chi connectivity index (χ3v) is 4.63. The van der Waals surface area contributed by atoms with Crippen molar-refractivity contribution in [2.75, 3.05) is 24.2 Å². The topological polar surface area (TPSA) is 81.4 Å². The molecule has 1 aliphatic rings. The Morgan fingerprint density at radius 3 is 3.00 bits per heavy atom. The number of anilines is 1. The van der Waals surface area contributed by atoms with E-state index in [4.69, 9.17) is 10.5 Å². The average molecular weight is 270 g/mol. The van der Waals surface area contributed by atoms with Gasteiger partial charge in [0.05, 0.1) is 22.9 Å². The van der Waals surface area contributed by atoms with Gasteiger partial charge in [-0.1, -0.05) is 0 Å². The number of fused-ring (bicyclic) bond motifs is 1. The van der Waals surface area contributed by atoms with Crippen LogP contribution in [-0.2, 0) is 9.84 Å². The Labute approximate surface area is 107 Å². The summed E-state index contributed by atoms with van der Waals surface area (Å²) in [5.74, 6) is 0.783. The first-order valence-electron chi connectivity index (χ1n) is 6.00. The van der Waals surface area contributed by atoms with Crippen molar-refractivity contribution in [3.63, 3.8) is 0 Å². The third-order valence-electron chi connectivity index (χ3n) is 2.84. The molecule has 1 unspecified atom stereocenters. The van der Waals surface area contributed by atoms with Crippen LogP contribution >= 0.6 is 0 Å². The van der Waals surface area contributed by atoms with Crippen LogP contribution in [0.15, 0.2) is 23.1 Å². The number of hydrogen-bond acceptors (Lipinski definition) is 5. The molecule has 1 aromatic rings. The molecule has 1 heterocycles. The first-order valence-corrected chi connectivity index (χ1v) is 7.65. The SMILES string of the molecule is CC1CNc2cc(S(=O)(=O)CCCN)ccc2O1. The molecule has 1 aliphatic heterocycles. The number of hydrogen-bond donors (Lipinski definition) is 2. The molecule has 6 heteroatoms. The highest BCUT2D eigenvalue weighted by atomic mass is 32.2. The lowest BCUT2D eigenvalue weighted by molar-refractivity contribution is 0.226. The van der Waals surface area contributed by atoms with Crippen molar-refractivity contribution in [2.45, 2.75) is 24.3 Å². The molecule has 100 valence electrons. The standard InChI is InChI=1S/C12H18N2O3S/c1-9-8-14-11-7-10(3-4-12(11)17-9)18(15,16)6-2-5-13/h3-4,7,9,14H,2,5-6,8,13H2,1H3. The lowest BCUT2D eigenvalue weighted by atomic mass is 10.2. The van der Waals surface area contributed by atoms with Gasteiger partial charge in [0.25, 0.3) is 0 Å². The molecule has 0 aliphatic carbocycles. The van der Waals surface area contributed by atoms with Crippen molar-refractivity contribution < 1.29 is 13.2 Å². The maximum absolute atomic E-state index is 12.0. The minimum atomic E-state index is -3.24. The van der Waals surface area contributed by atoms with Crippen molar-refractivity contribution in [3.8, 4) is 5.75 Å². The molecule has 1 aromatic carbocycles. The smallest absolute Gasteiger partial charge is 0.178 e. The van der Waals surface area contributed by atoms with Crippen LogP contribution in [0.25, 0.3) is 0 Å². The van der Waals surface area contributed by atoms with Crippen LogP contribution in [0.5, 0.6) is 5.75 Å². The fourth-order valence-electron chi connectivity index (χ4n) is 1.85. The lowest BCUT2D eigenvalue weighted by Crippen LogP contribution is -2.27. The molecular formula is C12H18N2O3S. The maximum atomic E-state index is 12.0. The van der Waals surface area contributed by atoms with Gasteiger partial charge >= 0.3 is 0 Å². The summed E-state index contributed by atoms with van der Waals surface area (Å²) >= 11 is 0. The summed E-state index contributed by atoms with van der Waals surface area (Å²) in [6.07, 6.45) is 0.567. The van der Waals surface area contributed by atoms with E-state index >= 15 is 0 Å². The van der Waals surface area contributed by atoms with Gasteiger partial charge in [-0.05, 0) is 38.1 Å². The maximum Gasteiger partial charge on any atom is 0.178 e. The lowest BCUT2D eigenvalue weighted by Gasteiger charge is -2.25. The Morgan fingerprint density at radius 1 is 1.50 bits per heavy atom. The minimum absolute atomic E-state index is 0.0829. The van der Waals surface area contributed by atoms with Gasteiger partial charge < -0.3 is 15.8 Å². The van der Waals surface area contributed by atoms with E-state index in [2.05, 4.69) is 5.32 Å². The molecule has 0 saturated carbocycles. The molecule has 0 saturated heterocycles. The van der Waals surface area contributed by atoms with E-state index in [1.807, 2.05) is 6.92 Å². The molecule has 5 nitrogen and oxygen atoms in total. The van der Waals surface area contributed by atoms with Gasteiger partial charge in [-0.2, -0.15) is 0 Å². The van der Waals surface area contributed by atoms with Gasteiger partial charge in [0.2, 0.25) is 0 Å². The van der Waals surface area contributed by atoms with Crippen molar-refractivity contribution in [3.05, 3.63) is 18.2 Å². The summed E-state index contributed by atoms with van der Waals surface area (Å²) in [4.78, 5) is 0.320. The first-order chi connectivity index (χ1) is 8.53. The zero-order valence-corrected chi connectivity index (χ0v) is 11.2. The van der Waals surface area contributed by atoms with Crippen LogP contribution in [0.3, 0.4) is 0 Å². The molecule has 0 bridgehead atoms. The number of sulfone groups is 1. The van der Waals surface area contributed by atoms with Crippen LogP contribution in [0.4, 0.5) is 5.69 Å². The van der Waals surface area contributed by atoms with Crippen molar-refractivity contribution in [1.29, 1.82) is 0 Å². The zero-order valence-electron chi connectivity index (χ0n) is 10.3. The Balaban J connectivity index is 2.26. The number of nitrogens with two attached hydrogens (primary N) is 1. The Morgan fingerprint density at radius 2 is 2.28 bits per heavy atom. The molecule has 2 rings (SSSR count). The number of benzene rings is 1. The van der Waals surface area contributed by atoms with Crippen molar-refractivity contribution in [1.82, 2.24) is 0 Å². The monoisotopic (exact) mass is 270 g/mol. The second kappa shape index (κ2) is 5.16. The van der Waals surface area contributed by atoms with E-state index in [-0.39, 0.29) is 11.9 Å². The fourth-order valence-corrected chi connectivity index (χ4v) is 3.20. The summed E-state index contributed by atoms with van der Waals surface area (Å²) < 4.78 is 29.6. The zero-order chi connectivity index (χ0) is 13.2. The van der Waals surface area contributed by atoms with Gasteiger partial charge in [0, 0.05) is 0 Å². The van der Waals surface area contributed by atoms with Gasteiger partial charge in [-0.15, -0.1) is 0 Å². The van der Waals surface area contributed by atoms with Gasteiger partial charge in [-0.25, -0.2) is 8.42 Å². The number of nitrogens with one attached hydrogen (secondary N) is 1. The van der Waals surface area contributed by atoms with E-state index in [0.717, 1.165) is 5.69 Å². The molecule has 0 spiro atoms. The molecular weight excluding hydrogens is 252 g/mol. The molecule has 0 amide bonds. The highest BCUT2D eigenvalue weighted by molar-refractivity contribution is 7.91. The Bertz CT molecular complexity index is 528. The fraction of sp³-hybridized carbons (Fsp3) is 0.500. The third kappa shape index (κ3) is 2.76. The van der Waals surface area contributed by atoms with Crippen LogP contribution < -0.4 is 15.8 Å². The van der Waals surface area contributed by atoms with Crippen molar-refractivity contribution >= 4 is 15.5 Å². The quantitative estimate of drug-likeness (QED) is 0.853. The van der Waals surface area contributed by atoms with E-state index in [1.54, 1.807) is 18.2 Å². The number of rotatable bonds is 4. The summed E-state index contributed by atoms with van der Waals surface area (Å²) in [5, 5.41) is 3.17. The van der Waals surface area contributed by atoms with Gasteiger partial charge in [0.1, 0.15) is 11.9 Å². The molecule has 18 heavy (non-hydrogen) atoms. The van der Waals surface area contributed by atoms with Gasteiger partial charge in [0.15, 0.2) is 9.84 Å². The van der Waals surface area contributed by atoms with Crippen LogP contribution in [0.1, 0.15) is 13.3 Å². The average Bonchev–Trinajstić information content (AvgIpc) is 2.35. The second-order valence-electron chi connectivity index (χ2n) is 4.43. The normalized spacial score (nSPS) is 18.7. The van der Waals surface area contributed by atoms with E-state index in [0.29, 0.717) is 30.2 Å². The molecule has 3 N–H and O–H groups in total. The minimum Gasteiger partial charge on any atom is -0.487 e. The van der Waals surface area contributed by atoms with E-state index in [1.165, 1.54) is 0 Å².